The van der Waals surface area contributed by atoms with Crippen LogP contribution >= 0.6 is 0 Å². The van der Waals surface area contributed by atoms with Crippen molar-refractivity contribution in [1.82, 2.24) is 5.48 Å². The topological polar surface area (TPSA) is 90.9 Å². The molecule has 156 valence electrons. The van der Waals surface area contributed by atoms with Gasteiger partial charge < -0.3 is 9.47 Å². The zero-order valence-corrected chi connectivity index (χ0v) is 17.5. The van der Waals surface area contributed by atoms with Gasteiger partial charge in [0.15, 0.2) is 0 Å². The van der Waals surface area contributed by atoms with E-state index in [0.29, 0.717) is 0 Å². The zero-order chi connectivity index (χ0) is 21.4. The summed E-state index contributed by atoms with van der Waals surface area (Å²) < 4.78 is 10.6. The minimum absolute atomic E-state index is 0.0601. The maximum atomic E-state index is 12.5. The van der Waals surface area contributed by atoms with E-state index in [0.717, 1.165) is 5.56 Å². The predicted molar refractivity (Wildman–Crippen MR) is 104 cm³/mol. The summed E-state index contributed by atoms with van der Waals surface area (Å²) in [6.45, 7) is 10.6. The second-order valence-corrected chi connectivity index (χ2v) is 8.52. The molecule has 1 atom stereocenters. The summed E-state index contributed by atoms with van der Waals surface area (Å²) in [5.41, 5.74) is 1.85. The van der Waals surface area contributed by atoms with Gasteiger partial charge in [0.05, 0.1) is 17.9 Å². The highest BCUT2D eigenvalue weighted by atomic mass is 16.7. The minimum Gasteiger partial charge on any atom is -0.461 e. The van der Waals surface area contributed by atoms with Crippen LogP contribution in [0.3, 0.4) is 0 Å². The van der Waals surface area contributed by atoms with Gasteiger partial charge in [-0.05, 0) is 47.1 Å². The van der Waals surface area contributed by atoms with Gasteiger partial charge in [-0.3, -0.25) is 19.2 Å². The van der Waals surface area contributed by atoms with Crippen LogP contribution < -0.4 is 5.48 Å². The smallest absolute Gasteiger partial charge is 0.310 e. The molecule has 0 aliphatic carbocycles. The molecule has 0 bridgehead atoms. The van der Waals surface area contributed by atoms with E-state index in [1.54, 1.807) is 41.5 Å². The first-order chi connectivity index (χ1) is 12.9. The molecule has 1 amide bonds. The molecule has 0 heterocycles. The fraction of sp³-hybridized carbons (Fsp3) is 0.571. The molecule has 7 nitrogen and oxygen atoms in total. The van der Waals surface area contributed by atoms with Gasteiger partial charge in [-0.25, -0.2) is 5.48 Å². The summed E-state index contributed by atoms with van der Waals surface area (Å²) in [5.74, 6) is -2.69. The van der Waals surface area contributed by atoms with Gasteiger partial charge in [0.1, 0.15) is 12.2 Å². The number of benzene rings is 1. The molecule has 28 heavy (non-hydrogen) atoms. The average molecular weight is 393 g/mol. The molecule has 0 aliphatic heterocycles. The summed E-state index contributed by atoms with van der Waals surface area (Å²) in [7, 11) is 0. The highest BCUT2D eigenvalue weighted by molar-refractivity contribution is 5.86. The third-order valence-electron chi connectivity index (χ3n) is 3.29. The van der Waals surface area contributed by atoms with Crippen molar-refractivity contribution in [2.45, 2.75) is 72.2 Å². The lowest BCUT2D eigenvalue weighted by Crippen LogP contribution is -2.36. The number of hydrogen-bond acceptors (Lipinski definition) is 6. The lowest BCUT2D eigenvalue weighted by atomic mass is 10.0. The molecule has 0 spiro atoms. The Bertz CT molecular complexity index is 658. The highest BCUT2D eigenvalue weighted by Crippen LogP contribution is 2.17. The van der Waals surface area contributed by atoms with E-state index in [1.165, 1.54) is 0 Å². The van der Waals surface area contributed by atoms with Gasteiger partial charge in [0.25, 0.3) is 0 Å². The van der Waals surface area contributed by atoms with Crippen LogP contribution in [-0.2, 0) is 35.3 Å². The molecule has 0 radical (unpaired) electrons. The molecule has 1 N–H and O–H groups in total. The van der Waals surface area contributed by atoms with E-state index in [9.17, 15) is 14.4 Å². The molecule has 0 saturated carbocycles. The van der Waals surface area contributed by atoms with Crippen LogP contribution in [0.1, 0.15) is 59.9 Å². The van der Waals surface area contributed by atoms with Gasteiger partial charge >= 0.3 is 11.9 Å². The lowest BCUT2D eigenvalue weighted by Gasteiger charge is -2.22. The van der Waals surface area contributed by atoms with E-state index in [-0.39, 0.29) is 19.4 Å². The van der Waals surface area contributed by atoms with Crippen molar-refractivity contribution < 1.29 is 28.7 Å². The summed E-state index contributed by atoms with van der Waals surface area (Å²) >= 11 is 0. The van der Waals surface area contributed by atoms with Gasteiger partial charge in [-0.1, -0.05) is 30.3 Å². The Morgan fingerprint density at radius 2 is 1.54 bits per heavy atom. The van der Waals surface area contributed by atoms with Crippen molar-refractivity contribution in [2.24, 2.45) is 5.92 Å². The molecule has 0 aromatic heterocycles. The minimum atomic E-state index is -0.970. The quantitative estimate of drug-likeness (QED) is 0.538. The normalized spacial score (nSPS) is 12.8. The molecule has 0 fully saturated rings. The third-order valence-corrected chi connectivity index (χ3v) is 3.29. The van der Waals surface area contributed by atoms with E-state index >= 15 is 0 Å². The summed E-state index contributed by atoms with van der Waals surface area (Å²) in [6.07, 6.45) is -0.503. The summed E-state index contributed by atoms with van der Waals surface area (Å²) in [6, 6.07) is 9.16. The van der Waals surface area contributed by atoms with E-state index in [4.69, 9.17) is 14.3 Å². The van der Waals surface area contributed by atoms with Crippen LogP contribution in [0.15, 0.2) is 30.3 Å². The number of amides is 1. The lowest BCUT2D eigenvalue weighted by molar-refractivity contribution is -0.164. The van der Waals surface area contributed by atoms with Crippen LogP contribution in [0.25, 0.3) is 0 Å². The molecular formula is C21H31NO6. The second-order valence-electron chi connectivity index (χ2n) is 8.52. The van der Waals surface area contributed by atoms with Crippen molar-refractivity contribution >= 4 is 17.8 Å². The van der Waals surface area contributed by atoms with Crippen LogP contribution in [0.2, 0.25) is 0 Å². The maximum Gasteiger partial charge on any atom is 0.310 e. The van der Waals surface area contributed by atoms with Crippen molar-refractivity contribution in [3.05, 3.63) is 35.9 Å². The van der Waals surface area contributed by atoms with E-state index < -0.39 is 35.0 Å². The van der Waals surface area contributed by atoms with Gasteiger partial charge in [-0.2, -0.15) is 0 Å². The fourth-order valence-corrected chi connectivity index (χ4v) is 2.15. The summed E-state index contributed by atoms with van der Waals surface area (Å²) in [5, 5.41) is 0. The Kier molecular flexibility index (Phi) is 8.63. The van der Waals surface area contributed by atoms with Crippen molar-refractivity contribution in [1.29, 1.82) is 0 Å². The SMILES string of the molecule is CC(C)(C)ONC(=O)C[C@H](CC(=O)OC(C)(C)C)C(=O)OCc1ccccc1. The first kappa shape index (κ1) is 23.6. The standard InChI is InChI=1S/C21H31NO6/c1-20(2,3)27-18(24)13-16(12-17(23)22-28-21(4,5)6)19(25)26-14-15-10-8-7-9-11-15/h7-11,16H,12-14H2,1-6H3,(H,22,23)/t16-/m1/s1. The Balaban J connectivity index is 2.73. The first-order valence-electron chi connectivity index (χ1n) is 9.25. The molecule has 1 rings (SSSR count). The average Bonchev–Trinajstić information content (AvgIpc) is 2.56. The van der Waals surface area contributed by atoms with Gasteiger partial charge in [0, 0.05) is 6.42 Å². The Labute approximate surface area is 166 Å². The number of hydrogen-bond donors (Lipinski definition) is 1. The first-order valence-corrected chi connectivity index (χ1v) is 9.25. The number of ether oxygens (including phenoxy) is 2. The van der Waals surface area contributed by atoms with Gasteiger partial charge in [-0.15, -0.1) is 0 Å². The van der Waals surface area contributed by atoms with E-state index in [1.807, 2.05) is 30.3 Å². The zero-order valence-electron chi connectivity index (χ0n) is 17.5. The Morgan fingerprint density at radius 1 is 0.929 bits per heavy atom. The number of esters is 2. The monoisotopic (exact) mass is 393 g/mol. The number of carbonyl (C=O) groups excluding carboxylic acids is 3. The molecule has 7 heteroatoms. The van der Waals surface area contributed by atoms with Crippen molar-refractivity contribution in [3.8, 4) is 0 Å². The van der Waals surface area contributed by atoms with Crippen LogP contribution in [0.5, 0.6) is 0 Å². The van der Waals surface area contributed by atoms with Crippen LogP contribution in [-0.4, -0.2) is 29.0 Å². The number of rotatable bonds is 8. The molecule has 0 unspecified atom stereocenters. The maximum absolute atomic E-state index is 12.5. The largest absolute Gasteiger partial charge is 0.461 e. The molecule has 1 aromatic rings. The van der Waals surface area contributed by atoms with Gasteiger partial charge in [0.2, 0.25) is 5.91 Å². The predicted octanol–water partition coefficient (Wildman–Crippen LogP) is 3.31. The number of hydroxylamine groups is 1. The van der Waals surface area contributed by atoms with Crippen molar-refractivity contribution in [2.75, 3.05) is 0 Å². The molecule has 0 saturated heterocycles. The van der Waals surface area contributed by atoms with E-state index in [2.05, 4.69) is 5.48 Å². The fourth-order valence-electron chi connectivity index (χ4n) is 2.15. The summed E-state index contributed by atoms with van der Waals surface area (Å²) in [4.78, 5) is 42.0. The number of carbonyl (C=O) groups is 3. The van der Waals surface area contributed by atoms with Crippen LogP contribution in [0, 0.1) is 5.92 Å². The van der Waals surface area contributed by atoms with Crippen LogP contribution in [0.4, 0.5) is 0 Å². The molecule has 0 aliphatic rings. The Hall–Kier alpha value is -2.41. The third kappa shape index (κ3) is 10.7. The second kappa shape index (κ2) is 10.2. The Morgan fingerprint density at radius 3 is 2.07 bits per heavy atom. The molecule has 1 aromatic carbocycles. The van der Waals surface area contributed by atoms with Crippen molar-refractivity contribution in [3.63, 3.8) is 0 Å². The number of nitrogens with one attached hydrogen (secondary N) is 1. The molecular weight excluding hydrogens is 362 g/mol. The highest BCUT2D eigenvalue weighted by Gasteiger charge is 2.29.